The molecule has 0 amide bonds. The highest BCUT2D eigenvalue weighted by Gasteiger charge is 2.10. The first-order valence-electron chi connectivity index (χ1n) is 4.78. The predicted octanol–water partition coefficient (Wildman–Crippen LogP) is 3.03. The maximum atomic E-state index is 5.34. The van der Waals surface area contributed by atoms with E-state index in [1.165, 1.54) is 0 Å². The predicted molar refractivity (Wildman–Crippen MR) is 61.8 cm³/mol. The van der Waals surface area contributed by atoms with E-state index in [9.17, 15) is 0 Å². The average Bonchev–Trinajstić information content (AvgIpc) is 2.09. The highest BCUT2D eigenvalue weighted by atomic mass is 16.5. The lowest BCUT2D eigenvalue weighted by Gasteiger charge is -2.17. The fraction of sp³-hybridized carbons (Fsp3) is 0.636. The molecule has 0 saturated carbocycles. The first kappa shape index (κ1) is 12.9. The first-order valence-corrected chi connectivity index (χ1v) is 4.78. The van der Waals surface area contributed by atoms with Gasteiger partial charge in [-0.1, -0.05) is 26.8 Å². The van der Waals surface area contributed by atoms with E-state index in [4.69, 9.17) is 4.74 Å². The van der Waals surface area contributed by atoms with Gasteiger partial charge in [0.25, 0.3) is 0 Å². The summed E-state index contributed by atoms with van der Waals surface area (Å²) in [6.45, 7) is 12.4. The molecule has 0 heterocycles. The molecule has 0 saturated heterocycles. The third-order valence-electron chi connectivity index (χ3n) is 1.55. The van der Waals surface area contributed by atoms with Crippen LogP contribution < -0.4 is 0 Å². The van der Waals surface area contributed by atoms with Gasteiger partial charge in [-0.2, -0.15) is 0 Å². The second kappa shape index (κ2) is 6.35. The number of amidine groups is 1. The number of ether oxygens (including phenoxy) is 1. The zero-order chi connectivity index (χ0) is 11.0. The fourth-order valence-corrected chi connectivity index (χ4v) is 0.711. The Morgan fingerprint density at radius 3 is 2.50 bits per heavy atom. The molecule has 0 aromatic rings. The first-order chi connectivity index (χ1) is 6.49. The molecule has 0 aliphatic heterocycles. The monoisotopic (exact) mass is 196 g/mol. The van der Waals surface area contributed by atoms with Crippen LogP contribution in [0.25, 0.3) is 0 Å². The molecule has 80 valence electrons. The van der Waals surface area contributed by atoms with Gasteiger partial charge in [-0.15, -0.1) is 0 Å². The van der Waals surface area contributed by atoms with Crippen LogP contribution in [-0.4, -0.2) is 19.3 Å². The molecule has 0 spiro atoms. The lowest BCUT2D eigenvalue weighted by atomic mass is 9.93. The van der Waals surface area contributed by atoms with Crippen LogP contribution in [0.5, 0.6) is 0 Å². The molecule has 0 fully saturated rings. The van der Waals surface area contributed by atoms with Gasteiger partial charge >= 0.3 is 6.02 Å². The Bertz CT molecular complexity index is 224. The summed E-state index contributed by atoms with van der Waals surface area (Å²) in [5.74, 6) is 0. The van der Waals surface area contributed by atoms with Crippen molar-refractivity contribution in [1.29, 1.82) is 0 Å². The van der Waals surface area contributed by atoms with E-state index in [0.717, 1.165) is 6.42 Å². The van der Waals surface area contributed by atoms with E-state index in [-0.39, 0.29) is 5.41 Å². The van der Waals surface area contributed by atoms with Crippen LogP contribution >= 0.6 is 0 Å². The zero-order valence-electron chi connectivity index (χ0n) is 9.58. The molecule has 0 rings (SSSR count). The summed E-state index contributed by atoms with van der Waals surface area (Å²) in [5, 5.41) is 0. The van der Waals surface area contributed by atoms with E-state index in [2.05, 4.69) is 37.5 Å². The van der Waals surface area contributed by atoms with E-state index < -0.39 is 0 Å². The lowest BCUT2D eigenvalue weighted by molar-refractivity contribution is 0.231. The van der Waals surface area contributed by atoms with Crippen LogP contribution in [0.1, 0.15) is 34.1 Å². The second-order valence-corrected chi connectivity index (χ2v) is 4.21. The smallest absolute Gasteiger partial charge is 0.315 e. The van der Waals surface area contributed by atoms with Crippen LogP contribution in [0.3, 0.4) is 0 Å². The van der Waals surface area contributed by atoms with Gasteiger partial charge in [-0.05, 0) is 25.5 Å². The number of nitrogens with zero attached hydrogens (tertiary/aromatic N) is 2. The van der Waals surface area contributed by atoms with E-state index in [0.29, 0.717) is 12.6 Å². The summed E-state index contributed by atoms with van der Waals surface area (Å²) in [6.07, 6.45) is 4.43. The summed E-state index contributed by atoms with van der Waals surface area (Å²) in [5.41, 5.74) is 0.271. The van der Waals surface area contributed by atoms with Crippen molar-refractivity contribution in [3.05, 3.63) is 12.3 Å². The van der Waals surface area contributed by atoms with Gasteiger partial charge in [0.1, 0.15) is 0 Å². The van der Waals surface area contributed by atoms with Gasteiger partial charge in [-0.3, -0.25) is 0 Å². The zero-order valence-corrected chi connectivity index (χ0v) is 9.58. The molecule has 3 heteroatoms. The Morgan fingerprint density at radius 1 is 1.43 bits per heavy atom. The highest BCUT2D eigenvalue weighted by molar-refractivity contribution is 5.78. The highest BCUT2D eigenvalue weighted by Crippen LogP contribution is 2.17. The minimum Gasteiger partial charge on any atom is -0.463 e. The molecule has 14 heavy (non-hydrogen) atoms. The Labute approximate surface area is 86.6 Å². The molecule has 3 nitrogen and oxygen atoms in total. The molecule has 0 N–H and O–H groups in total. The number of hydrogen-bond donors (Lipinski definition) is 0. The minimum absolute atomic E-state index is 0.271. The summed E-state index contributed by atoms with van der Waals surface area (Å²) in [4.78, 5) is 7.64. The molecular weight excluding hydrogens is 176 g/mol. The summed E-state index contributed by atoms with van der Waals surface area (Å²) in [6, 6.07) is 0.340. The van der Waals surface area contributed by atoms with Gasteiger partial charge in [-0.25, -0.2) is 9.98 Å². The van der Waals surface area contributed by atoms with Crippen LogP contribution in [0, 0.1) is 5.41 Å². The maximum absolute atomic E-state index is 5.34. The van der Waals surface area contributed by atoms with Gasteiger partial charge in [0, 0.05) is 6.20 Å². The quantitative estimate of drug-likeness (QED) is 0.504. The molecule has 0 aliphatic carbocycles. The minimum atomic E-state index is 0.271. The number of allylic oxidation sites excluding steroid dienone is 1. The van der Waals surface area contributed by atoms with Gasteiger partial charge in [0.15, 0.2) is 0 Å². The van der Waals surface area contributed by atoms with Crippen molar-refractivity contribution in [3.63, 3.8) is 0 Å². The Hall–Kier alpha value is -1.12. The van der Waals surface area contributed by atoms with E-state index in [1.54, 1.807) is 6.20 Å². The Morgan fingerprint density at radius 2 is 2.07 bits per heavy atom. The van der Waals surface area contributed by atoms with Crippen LogP contribution in [0.4, 0.5) is 0 Å². The van der Waals surface area contributed by atoms with Crippen molar-refractivity contribution < 1.29 is 4.74 Å². The largest absolute Gasteiger partial charge is 0.463 e. The number of hydrogen-bond acceptors (Lipinski definition) is 2. The summed E-state index contributed by atoms with van der Waals surface area (Å²) < 4.78 is 5.34. The van der Waals surface area contributed by atoms with Gasteiger partial charge in [0.05, 0.1) is 6.61 Å². The molecule has 0 aliphatic rings. The number of aliphatic imine (C=N–C) groups is 2. The van der Waals surface area contributed by atoms with E-state index in [1.807, 2.05) is 13.0 Å². The lowest BCUT2D eigenvalue weighted by Crippen LogP contribution is -2.11. The molecule has 0 aromatic carbocycles. The molecule has 0 radical (unpaired) electrons. The Kier molecular flexibility index (Phi) is 5.84. The van der Waals surface area contributed by atoms with Gasteiger partial charge in [0.2, 0.25) is 0 Å². The van der Waals surface area contributed by atoms with Gasteiger partial charge < -0.3 is 4.74 Å². The summed E-state index contributed by atoms with van der Waals surface area (Å²) in [7, 11) is 0. The molecule has 0 atom stereocenters. The third-order valence-corrected chi connectivity index (χ3v) is 1.55. The molecular formula is C11H20N2O. The maximum Gasteiger partial charge on any atom is 0.315 e. The molecule has 0 unspecified atom stereocenters. The normalized spacial score (nSPS) is 13.3. The van der Waals surface area contributed by atoms with Crippen LogP contribution in [-0.2, 0) is 4.74 Å². The van der Waals surface area contributed by atoms with Crippen LogP contribution in [0.2, 0.25) is 0 Å². The topological polar surface area (TPSA) is 34.0 Å². The summed E-state index contributed by atoms with van der Waals surface area (Å²) >= 11 is 0. The van der Waals surface area contributed by atoms with Crippen molar-refractivity contribution in [3.8, 4) is 0 Å². The number of rotatable bonds is 3. The second-order valence-electron chi connectivity index (χ2n) is 4.21. The van der Waals surface area contributed by atoms with Crippen molar-refractivity contribution in [2.45, 2.75) is 34.1 Å². The van der Waals surface area contributed by atoms with Crippen molar-refractivity contribution in [2.75, 3.05) is 6.61 Å². The molecule has 0 aromatic heterocycles. The average molecular weight is 196 g/mol. The van der Waals surface area contributed by atoms with Crippen molar-refractivity contribution >= 4 is 12.7 Å². The fourth-order valence-electron chi connectivity index (χ4n) is 0.711. The van der Waals surface area contributed by atoms with Crippen molar-refractivity contribution in [2.24, 2.45) is 15.4 Å². The third kappa shape index (κ3) is 7.53. The van der Waals surface area contributed by atoms with E-state index >= 15 is 0 Å². The van der Waals surface area contributed by atoms with Crippen LogP contribution in [0.15, 0.2) is 22.3 Å². The molecule has 0 bridgehead atoms. The Balaban J connectivity index is 3.91. The standard InChI is InChI=1S/C11H20N2O/c1-6-8-13-10(12-5)14-9-7-11(2,3)4/h6,8H,5,7,9H2,1-4H3/b8-6-,13-10?. The van der Waals surface area contributed by atoms with Crippen molar-refractivity contribution in [1.82, 2.24) is 0 Å². The SMILES string of the molecule is C=NC(=N/C=C\C)OCCC(C)(C)C.